The average Bonchev–Trinajstić information content (AvgIpc) is 2.54. The zero-order valence-electron chi connectivity index (χ0n) is 13.2. The zero-order chi connectivity index (χ0) is 16.8. The number of hydrogen-bond donors (Lipinski definition) is 1. The van der Waals surface area contributed by atoms with Gasteiger partial charge in [-0.3, -0.25) is 4.79 Å². The smallest absolute Gasteiger partial charge is 0.345 e. The molecule has 120 valence electrons. The number of esters is 1. The molecule has 0 heterocycles. The molecule has 23 heavy (non-hydrogen) atoms. The van der Waals surface area contributed by atoms with Crippen molar-refractivity contribution in [1.29, 1.82) is 0 Å². The molecule has 2 aromatic rings. The summed E-state index contributed by atoms with van der Waals surface area (Å²) in [7, 11) is 0. The van der Waals surface area contributed by atoms with Crippen molar-refractivity contribution >= 4 is 11.9 Å². The number of carbonyl (C=O) groups excluding carboxylic acids is 1. The highest BCUT2D eigenvalue weighted by Gasteiger charge is 2.31. The Bertz CT molecular complexity index is 610. The van der Waals surface area contributed by atoms with Gasteiger partial charge in [-0.25, -0.2) is 4.79 Å². The van der Waals surface area contributed by atoms with Gasteiger partial charge in [0.1, 0.15) is 5.92 Å². The Balaban J connectivity index is 2.34. The predicted octanol–water partition coefficient (Wildman–Crippen LogP) is 3.47. The maximum atomic E-state index is 12.7. The third-order valence-corrected chi connectivity index (χ3v) is 3.59. The number of carboxylic acid groups (broad SMARTS) is 1. The molecular formula is C19H20O4. The lowest BCUT2D eigenvalue weighted by atomic mass is 9.91. The number of rotatable bonds is 6. The van der Waals surface area contributed by atoms with E-state index in [1.165, 1.54) is 0 Å². The van der Waals surface area contributed by atoms with Gasteiger partial charge in [-0.1, -0.05) is 74.5 Å². The molecule has 2 aromatic carbocycles. The lowest BCUT2D eigenvalue weighted by Crippen LogP contribution is -2.34. The van der Waals surface area contributed by atoms with E-state index in [0.29, 0.717) is 0 Å². The van der Waals surface area contributed by atoms with Crippen LogP contribution in [0.5, 0.6) is 0 Å². The molecule has 0 amide bonds. The molecule has 1 atom stereocenters. The minimum atomic E-state index is -1.16. The van der Waals surface area contributed by atoms with Crippen molar-refractivity contribution in [1.82, 2.24) is 0 Å². The monoisotopic (exact) mass is 312 g/mol. The molecule has 4 nitrogen and oxygen atoms in total. The van der Waals surface area contributed by atoms with Gasteiger partial charge in [0.25, 0.3) is 0 Å². The topological polar surface area (TPSA) is 63.6 Å². The summed E-state index contributed by atoms with van der Waals surface area (Å²) in [5.41, 5.74) is 1.55. The van der Waals surface area contributed by atoms with Gasteiger partial charge in [0.05, 0.1) is 0 Å². The van der Waals surface area contributed by atoms with Crippen molar-refractivity contribution in [3.05, 3.63) is 71.8 Å². The van der Waals surface area contributed by atoms with E-state index in [0.717, 1.165) is 11.1 Å². The summed E-state index contributed by atoms with van der Waals surface area (Å²) in [6, 6.07) is 18.5. The highest BCUT2D eigenvalue weighted by molar-refractivity contribution is 5.85. The average molecular weight is 312 g/mol. The fourth-order valence-corrected chi connectivity index (χ4v) is 2.42. The SMILES string of the molecule is CC(C)C(OC(=O)C(c1ccccc1)c1ccccc1)C(=O)O. The van der Waals surface area contributed by atoms with Crippen LogP contribution in [0.3, 0.4) is 0 Å². The molecule has 0 aliphatic rings. The summed E-state index contributed by atoms with van der Waals surface area (Å²) >= 11 is 0. The van der Waals surface area contributed by atoms with Crippen LogP contribution in [-0.4, -0.2) is 23.1 Å². The molecule has 0 radical (unpaired) electrons. The standard InChI is InChI=1S/C19H20O4/c1-13(2)17(18(20)21)23-19(22)16(14-9-5-3-6-10-14)15-11-7-4-8-12-15/h3-13,16-17H,1-2H3,(H,20,21). The maximum absolute atomic E-state index is 12.7. The summed E-state index contributed by atoms with van der Waals surface area (Å²) in [5, 5.41) is 9.24. The van der Waals surface area contributed by atoms with Gasteiger partial charge in [-0.2, -0.15) is 0 Å². The second-order valence-electron chi connectivity index (χ2n) is 5.69. The van der Waals surface area contributed by atoms with Crippen molar-refractivity contribution in [3.8, 4) is 0 Å². The Morgan fingerprint density at radius 3 is 1.65 bits per heavy atom. The molecule has 4 heteroatoms. The second-order valence-corrected chi connectivity index (χ2v) is 5.69. The van der Waals surface area contributed by atoms with Crippen molar-refractivity contribution in [2.24, 2.45) is 5.92 Å². The van der Waals surface area contributed by atoms with Crippen LogP contribution >= 0.6 is 0 Å². The molecule has 0 saturated heterocycles. The van der Waals surface area contributed by atoms with Crippen LogP contribution in [0.2, 0.25) is 0 Å². The van der Waals surface area contributed by atoms with Crippen molar-refractivity contribution in [3.63, 3.8) is 0 Å². The largest absolute Gasteiger partial charge is 0.478 e. The van der Waals surface area contributed by atoms with E-state index in [1.807, 2.05) is 60.7 Å². The van der Waals surface area contributed by atoms with Crippen molar-refractivity contribution in [2.75, 3.05) is 0 Å². The van der Waals surface area contributed by atoms with E-state index in [2.05, 4.69) is 0 Å². The lowest BCUT2D eigenvalue weighted by Gasteiger charge is -2.22. The van der Waals surface area contributed by atoms with Gasteiger partial charge in [0, 0.05) is 5.92 Å². The molecule has 0 spiro atoms. The number of carboxylic acids is 1. The van der Waals surface area contributed by atoms with Crippen molar-refractivity contribution in [2.45, 2.75) is 25.9 Å². The van der Waals surface area contributed by atoms with Crippen LogP contribution in [0.25, 0.3) is 0 Å². The van der Waals surface area contributed by atoms with Gasteiger partial charge in [-0.15, -0.1) is 0 Å². The molecule has 1 unspecified atom stereocenters. The Labute approximate surface area is 135 Å². The second kappa shape index (κ2) is 7.58. The Morgan fingerprint density at radius 2 is 1.30 bits per heavy atom. The third kappa shape index (κ3) is 4.19. The highest BCUT2D eigenvalue weighted by Crippen LogP contribution is 2.27. The Kier molecular flexibility index (Phi) is 5.52. The normalized spacial score (nSPS) is 12.2. The molecular weight excluding hydrogens is 292 g/mol. The van der Waals surface area contributed by atoms with E-state index >= 15 is 0 Å². The van der Waals surface area contributed by atoms with Gasteiger partial charge < -0.3 is 9.84 Å². The van der Waals surface area contributed by atoms with Gasteiger partial charge in [-0.05, 0) is 11.1 Å². The van der Waals surface area contributed by atoms with Crippen LogP contribution < -0.4 is 0 Å². The quantitative estimate of drug-likeness (QED) is 0.830. The molecule has 0 bridgehead atoms. The van der Waals surface area contributed by atoms with Gasteiger partial charge in [0.15, 0.2) is 0 Å². The highest BCUT2D eigenvalue weighted by atomic mass is 16.6. The summed E-state index contributed by atoms with van der Waals surface area (Å²) in [6.45, 7) is 3.43. The minimum absolute atomic E-state index is 0.302. The third-order valence-electron chi connectivity index (χ3n) is 3.59. The lowest BCUT2D eigenvalue weighted by molar-refractivity contribution is -0.167. The number of benzene rings is 2. The minimum Gasteiger partial charge on any atom is -0.478 e. The summed E-state index contributed by atoms with van der Waals surface area (Å²) in [4.78, 5) is 24.0. The number of aliphatic carboxylic acids is 1. The maximum Gasteiger partial charge on any atom is 0.345 e. The number of ether oxygens (including phenoxy) is 1. The van der Waals surface area contributed by atoms with Crippen LogP contribution in [-0.2, 0) is 14.3 Å². The van der Waals surface area contributed by atoms with E-state index in [4.69, 9.17) is 4.74 Å². The zero-order valence-corrected chi connectivity index (χ0v) is 13.2. The molecule has 1 N–H and O–H groups in total. The first-order valence-electron chi connectivity index (χ1n) is 7.54. The van der Waals surface area contributed by atoms with Crippen LogP contribution in [0.1, 0.15) is 30.9 Å². The molecule has 0 aliphatic heterocycles. The van der Waals surface area contributed by atoms with Crippen LogP contribution in [0.4, 0.5) is 0 Å². The molecule has 0 saturated carbocycles. The Hall–Kier alpha value is -2.62. The number of hydrogen-bond acceptors (Lipinski definition) is 3. The summed E-state index contributed by atoms with van der Waals surface area (Å²) in [6.07, 6.45) is -1.16. The molecule has 0 aliphatic carbocycles. The fraction of sp³-hybridized carbons (Fsp3) is 0.263. The van der Waals surface area contributed by atoms with E-state index in [1.54, 1.807) is 13.8 Å². The van der Waals surface area contributed by atoms with E-state index in [9.17, 15) is 14.7 Å². The van der Waals surface area contributed by atoms with Crippen LogP contribution in [0, 0.1) is 5.92 Å². The first kappa shape index (κ1) is 16.7. The van der Waals surface area contributed by atoms with Gasteiger partial charge in [0.2, 0.25) is 6.10 Å². The summed E-state index contributed by atoms with van der Waals surface area (Å²) in [5.74, 6) is -2.63. The van der Waals surface area contributed by atoms with Gasteiger partial charge >= 0.3 is 11.9 Å². The molecule has 2 rings (SSSR count). The predicted molar refractivity (Wildman–Crippen MR) is 87.1 cm³/mol. The number of carbonyl (C=O) groups is 2. The van der Waals surface area contributed by atoms with E-state index < -0.39 is 24.0 Å². The van der Waals surface area contributed by atoms with Crippen molar-refractivity contribution < 1.29 is 19.4 Å². The summed E-state index contributed by atoms with van der Waals surface area (Å²) < 4.78 is 5.31. The molecule has 0 aromatic heterocycles. The van der Waals surface area contributed by atoms with E-state index in [-0.39, 0.29) is 5.92 Å². The fourth-order valence-electron chi connectivity index (χ4n) is 2.42. The Morgan fingerprint density at radius 1 is 0.870 bits per heavy atom. The first-order chi connectivity index (χ1) is 11.0. The van der Waals surface area contributed by atoms with Crippen LogP contribution in [0.15, 0.2) is 60.7 Å². The molecule has 0 fully saturated rings. The first-order valence-corrected chi connectivity index (χ1v) is 7.54.